The number of hydrogen-bond acceptors (Lipinski definition) is 6. The van der Waals surface area contributed by atoms with Gasteiger partial charge in [-0.25, -0.2) is 0 Å². The van der Waals surface area contributed by atoms with Gasteiger partial charge in [0.25, 0.3) is 11.8 Å². The van der Waals surface area contributed by atoms with Crippen LogP contribution in [-0.4, -0.2) is 66.1 Å². The van der Waals surface area contributed by atoms with Crippen molar-refractivity contribution in [1.29, 1.82) is 0 Å². The van der Waals surface area contributed by atoms with Gasteiger partial charge in [0.1, 0.15) is 17.5 Å². The summed E-state index contributed by atoms with van der Waals surface area (Å²) < 4.78 is 16.7. The zero-order valence-electron chi connectivity index (χ0n) is 19.9. The third-order valence-electron chi connectivity index (χ3n) is 6.72. The first-order chi connectivity index (χ1) is 17.5. The Kier molecular flexibility index (Phi) is 6.47. The summed E-state index contributed by atoms with van der Waals surface area (Å²) in [5.74, 6) is 0.118. The number of hydrogen-bond donors (Lipinski definition) is 1. The number of nitrogens with one attached hydrogen (secondary N) is 1. The number of carbonyl (C=O) groups is 3. The highest BCUT2D eigenvalue weighted by Gasteiger charge is 2.54. The van der Waals surface area contributed by atoms with Crippen LogP contribution in [0.2, 0.25) is 0 Å². The Bertz CT molecular complexity index is 1220. The fourth-order valence-corrected chi connectivity index (χ4v) is 4.80. The highest BCUT2D eigenvalue weighted by molar-refractivity contribution is 6.02. The van der Waals surface area contributed by atoms with Gasteiger partial charge in [0.2, 0.25) is 5.91 Å². The van der Waals surface area contributed by atoms with Gasteiger partial charge in [-0.2, -0.15) is 0 Å². The number of amides is 3. The summed E-state index contributed by atoms with van der Waals surface area (Å²) in [6.45, 7) is 0.794. The van der Waals surface area contributed by atoms with Crippen LogP contribution in [0, 0.1) is 0 Å². The Hall–Kier alpha value is -4.11. The molecule has 2 aliphatic heterocycles. The molecule has 1 N–H and O–H groups in total. The fraction of sp³-hybridized carbons (Fsp3) is 0.296. The SMILES string of the molecule is COc1ccc(NC(=O)C2COC3(CCN(C(=O)c4ccco4)CC3)N2C(=O)c2ccccc2)cc1. The van der Waals surface area contributed by atoms with Gasteiger partial charge in [-0.15, -0.1) is 0 Å². The van der Waals surface area contributed by atoms with Gasteiger partial charge in [-0.3, -0.25) is 19.3 Å². The number of anilines is 1. The smallest absolute Gasteiger partial charge is 0.289 e. The monoisotopic (exact) mass is 489 g/mol. The highest BCUT2D eigenvalue weighted by Crippen LogP contribution is 2.39. The largest absolute Gasteiger partial charge is 0.497 e. The minimum Gasteiger partial charge on any atom is -0.497 e. The van der Waals surface area contributed by atoms with Crippen LogP contribution in [-0.2, 0) is 9.53 Å². The van der Waals surface area contributed by atoms with Crippen LogP contribution < -0.4 is 10.1 Å². The summed E-state index contributed by atoms with van der Waals surface area (Å²) in [5.41, 5.74) is 0.0702. The highest BCUT2D eigenvalue weighted by atomic mass is 16.5. The van der Waals surface area contributed by atoms with E-state index in [0.717, 1.165) is 0 Å². The predicted octanol–water partition coefficient (Wildman–Crippen LogP) is 3.40. The number of piperidine rings is 1. The molecule has 5 rings (SSSR count). The number of rotatable bonds is 5. The molecule has 1 aromatic heterocycles. The summed E-state index contributed by atoms with van der Waals surface area (Å²) in [5, 5.41) is 2.89. The molecule has 0 radical (unpaired) electrons. The van der Waals surface area contributed by atoms with Crippen molar-refractivity contribution < 1.29 is 28.3 Å². The number of carbonyl (C=O) groups excluding carboxylic acids is 3. The molecule has 1 atom stereocenters. The second-order valence-corrected chi connectivity index (χ2v) is 8.80. The molecule has 0 bridgehead atoms. The second-order valence-electron chi connectivity index (χ2n) is 8.80. The zero-order valence-corrected chi connectivity index (χ0v) is 19.9. The summed E-state index contributed by atoms with van der Waals surface area (Å²) in [7, 11) is 1.57. The Morgan fingerprint density at radius 2 is 1.67 bits per heavy atom. The normalized spacial score (nSPS) is 18.8. The number of likely N-dealkylation sites (tertiary alicyclic amines) is 1. The van der Waals surface area contributed by atoms with E-state index in [1.165, 1.54) is 6.26 Å². The van der Waals surface area contributed by atoms with Crippen molar-refractivity contribution in [1.82, 2.24) is 9.80 Å². The molecule has 3 heterocycles. The van der Waals surface area contributed by atoms with Gasteiger partial charge < -0.3 is 24.1 Å². The Morgan fingerprint density at radius 3 is 2.31 bits per heavy atom. The van der Waals surface area contributed by atoms with Crippen molar-refractivity contribution in [2.24, 2.45) is 0 Å². The summed E-state index contributed by atoms with van der Waals surface area (Å²) in [6.07, 6.45) is 2.22. The van der Waals surface area contributed by atoms with Crippen molar-refractivity contribution in [2.75, 3.05) is 32.1 Å². The molecule has 2 saturated heterocycles. The molecule has 2 aliphatic rings. The van der Waals surface area contributed by atoms with Crippen molar-refractivity contribution in [3.8, 4) is 5.75 Å². The first-order valence-electron chi connectivity index (χ1n) is 11.8. The average Bonchev–Trinajstić information content (AvgIpc) is 3.58. The van der Waals surface area contributed by atoms with E-state index in [-0.39, 0.29) is 30.1 Å². The second kappa shape index (κ2) is 9.87. The standard InChI is InChI=1S/C27H27N3O6/c1-34-21-11-9-20(10-12-21)28-24(31)22-18-36-27(30(22)25(32)19-6-3-2-4-7-19)13-15-29(16-14-27)26(33)23-8-5-17-35-23/h2-12,17,22H,13-16,18H2,1H3,(H,28,31). The van der Waals surface area contributed by atoms with Crippen LogP contribution >= 0.6 is 0 Å². The van der Waals surface area contributed by atoms with Crippen LogP contribution in [0.5, 0.6) is 5.75 Å². The van der Waals surface area contributed by atoms with E-state index in [1.54, 1.807) is 77.6 Å². The lowest BCUT2D eigenvalue weighted by Gasteiger charge is -2.44. The van der Waals surface area contributed by atoms with Crippen molar-refractivity contribution in [2.45, 2.75) is 24.6 Å². The zero-order chi connectivity index (χ0) is 25.1. The van der Waals surface area contributed by atoms with Gasteiger partial charge in [-0.05, 0) is 48.5 Å². The molecule has 3 amide bonds. The van der Waals surface area contributed by atoms with E-state index >= 15 is 0 Å². The van der Waals surface area contributed by atoms with E-state index in [2.05, 4.69) is 5.32 Å². The lowest BCUT2D eigenvalue weighted by molar-refractivity contribution is -0.123. The van der Waals surface area contributed by atoms with E-state index < -0.39 is 11.8 Å². The van der Waals surface area contributed by atoms with Crippen LogP contribution in [0.3, 0.4) is 0 Å². The third-order valence-corrected chi connectivity index (χ3v) is 6.72. The van der Waals surface area contributed by atoms with Crippen LogP contribution in [0.4, 0.5) is 5.69 Å². The molecule has 9 heteroatoms. The van der Waals surface area contributed by atoms with Gasteiger partial charge in [0, 0.05) is 37.2 Å². The molecule has 0 aliphatic carbocycles. The molecule has 3 aromatic rings. The lowest BCUT2D eigenvalue weighted by atomic mass is 9.96. The summed E-state index contributed by atoms with van der Waals surface area (Å²) in [4.78, 5) is 43.1. The molecule has 1 unspecified atom stereocenters. The number of benzene rings is 2. The lowest BCUT2D eigenvalue weighted by Crippen LogP contribution is -2.59. The summed E-state index contributed by atoms with van der Waals surface area (Å²) in [6, 6.07) is 18.3. The van der Waals surface area contributed by atoms with Crippen molar-refractivity contribution >= 4 is 23.4 Å². The maximum atomic E-state index is 13.7. The topological polar surface area (TPSA) is 101 Å². The van der Waals surface area contributed by atoms with Gasteiger partial charge in [0.15, 0.2) is 5.76 Å². The van der Waals surface area contributed by atoms with Crippen LogP contribution in [0.1, 0.15) is 33.8 Å². The molecule has 36 heavy (non-hydrogen) atoms. The number of furan rings is 1. The van der Waals surface area contributed by atoms with Gasteiger partial charge in [0.05, 0.1) is 20.0 Å². The van der Waals surface area contributed by atoms with E-state index in [9.17, 15) is 14.4 Å². The minimum atomic E-state index is -0.991. The molecule has 186 valence electrons. The van der Waals surface area contributed by atoms with Crippen molar-refractivity contribution in [3.63, 3.8) is 0 Å². The first kappa shape index (κ1) is 23.6. The third kappa shape index (κ3) is 4.45. The summed E-state index contributed by atoms with van der Waals surface area (Å²) >= 11 is 0. The van der Waals surface area contributed by atoms with Crippen LogP contribution in [0.25, 0.3) is 0 Å². The van der Waals surface area contributed by atoms with E-state index in [0.29, 0.717) is 42.9 Å². The molecule has 0 saturated carbocycles. The molecule has 2 aromatic carbocycles. The fourth-order valence-electron chi connectivity index (χ4n) is 4.80. The molecular formula is C27H27N3O6. The Balaban J connectivity index is 1.38. The van der Waals surface area contributed by atoms with Crippen molar-refractivity contribution in [3.05, 3.63) is 84.3 Å². The van der Waals surface area contributed by atoms with Crippen LogP contribution in [0.15, 0.2) is 77.4 Å². The Morgan fingerprint density at radius 1 is 0.944 bits per heavy atom. The molecular weight excluding hydrogens is 462 g/mol. The maximum absolute atomic E-state index is 13.7. The molecule has 9 nitrogen and oxygen atoms in total. The molecule has 2 fully saturated rings. The Labute approximate surface area is 208 Å². The first-order valence-corrected chi connectivity index (χ1v) is 11.8. The average molecular weight is 490 g/mol. The number of ether oxygens (including phenoxy) is 2. The number of nitrogens with zero attached hydrogens (tertiary/aromatic N) is 2. The van der Waals surface area contributed by atoms with Gasteiger partial charge in [-0.1, -0.05) is 18.2 Å². The van der Waals surface area contributed by atoms with E-state index in [4.69, 9.17) is 13.9 Å². The molecule has 1 spiro atoms. The minimum absolute atomic E-state index is 0.0622. The van der Waals surface area contributed by atoms with Gasteiger partial charge >= 0.3 is 0 Å². The number of methoxy groups -OCH3 is 1. The van der Waals surface area contributed by atoms with E-state index in [1.807, 2.05) is 6.07 Å². The maximum Gasteiger partial charge on any atom is 0.289 e. The predicted molar refractivity (Wildman–Crippen MR) is 131 cm³/mol. The quantitative estimate of drug-likeness (QED) is 0.590.